The zero-order chi connectivity index (χ0) is 12.0. The summed E-state index contributed by atoms with van der Waals surface area (Å²) in [6.45, 7) is 2.08. The highest BCUT2D eigenvalue weighted by Gasteiger charge is 2.42. The van der Waals surface area contributed by atoms with Gasteiger partial charge in [-0.15, -0.1) is 0 Å². The summed E-state index contributed by atoms with van der Waals surface area (Å²) >= 11 is 0. The molecule has 5 heteroatoms. The first-order valence-corrected chi connectivity index (χ1v) is 6.33. The van der Waals surface area contributed by atoms with Crippen molar-refractivity contribution >= 4 is 17.8 Å². The van der Waals surface area contributed by atoms with Crippen LogP contribution in [0.15, 0.2) is 4.99 Å². The summed E-state index contributed by atoms with van der Waals surface area (Å²) in [6, 6.07) is 0.180. The minimum atomic E-state index is -0.608. The minimum Gasteiger partial charge on any atom is -0.288 e. The number of fused-ring (bicyclic) bond motifs is 2. The van der Waals surface area contributed by atoms with Gasteiger partial charge in [0, 0.05) is 0 Å². The van der Waals surface area contributed by atoms with Crippen LogP contribution in [0.5, 0.6) is 0 Å². The SMILES string of the molecule is CC(N=C1NC(=O)C(=O)N1)C1CC2CCC1C2. The highest BCUT2D eigenvalue weighted by molar-refractivity contribution is 6.45. The third-order valence-electron chi connectivity index (χ3n) is 4.42. The fraction of sp³-hybridized carbons (Fsp3) is 0.750. The largest absolute Gasteiger partial charge is 0.316 e. The van der Waals surface area contributed by atoms with Crippen LogP contribution < -0.4 is 10.6 Å². The number of nitrogens with one attached hydrogen (secondary N) is 2. The van der Waals surface area contributed by atoms with Crippen LogP contribution in [0, 0.1) is 17.8 Å². The summed E-state index contributed by atoms with van der Waals surface area (Å²) in [5.74, 6) is 1.42. The van der Waals surface area contributed by atoms with Gasteiger partial charge in [-0.1, -0.05) is 6.42 Å². The standard InChI is InChI=1S/C12H17N3O2/c1-6(9-5-7-2-3-8(9)4-7)13-12-14-10(16)11(17)15-12/h6-9H,2-5H2,1H3,(H2,13,14,15,16,17). The number of nitrogens with zero attached hydrogens (tertiary/aromatic N) is 1. The lowest BCUT2D eigenvalue weighted by atomic mass is 9.84. The molecule has 1 heterocycles. The fourth-order valence-electron chi connectivity index (χ4n) is 3.61. The molecule has 4 unspecified atom stereocenters. The average molecular weight is 235 g/mol. The van der Waals surface area contributed by atoms with Gasteiger partial charge in [0.05, 0.1) is 6.04 Å². The summed E-state index contributed by atoms with van der Waals surface area (Å²) < 4.78 is 0. The van der Waals surface area contributed by atoms with Crippen LogP contribution in [0.25, 0.3) is 0 Å². The molecule has 4 atom stereocenters. The van der Waals surface area contributed by atoms with E-state index in [-0.39, 0.29) is 6.04 Å². The first-order valence-electron chi connectivity index (χ1n) is 6.33. The summed E-state index contributed by atoms with van der Waals surface area (Å²) in [5.41, 5.74) is 0. The van der Waals surface area contributed by atoms with Gasteiger partial charge in [-0.2, -0.15) is 0 Å². The predicted octanol–water partition coefficient (Wildman–Crippen LogP) is 0.413. The predicted molar refractivity (Wildman–Crippen MR) is 62.1 cm³/mol. The lowest BCUT2D eigenvalue weighted by Gasteiger charge is -2.25. The maximum atomic E-state index is 11.0. The van der Waals surface area contributed by atoms with E-state index in [0.29, 0.717) is 11.9 Å². The van der Waals surface area contributed by atoms with E-state index in [0.717, 1.165) is 11.8 Å². The van der Waals surface area contributed by atoms with E-state index in [4.69, 9.17) is 0 Å². The quantitative estimate of drug-likeness (QED) is 0.681. The molecule has 17 heavy (non-hydrogen) atoms. The zero-order valence-electron chi connectivity index (χ0n) is 9.90. The van der Waals surface area contributed by atoms with Gasteiger partial charge in [0.25, 0.3) is 0 Å². The lowest BCUT2D eigenvalue weighted by Crippen LogP contribution is -2.30. The van der Waals surface area contributed by atoms with Crippen molar-refractivity contribution in [2.45, 2.75) is 38.6 Å². The van der Waals surface area contributed by atoms with Crippen LogP contribution in [0.1, 0.15) is 32.6 Å². The average Bonchev–Trinajstić information content (AvgIpc) is 2.95. The van der Waals surface area contributed by atoms with Crippen LogP contribution >= 0.6 is 0 Å². The molecule has 0 aromatic carbocycles. The topological polar surface area (TPSA) is 70.6 Å². The van der Waals surface area contributed by atoms with Crippen LogP contribution in [0.4, 0.5) is 0 Å². The molecule has 0 spiro atoms. The Balaban J connectivity index is 1.67. The van der Waals surface area contributed by atoms with Crippen molar-refractivity contribution in [3.05, 3.63) is 0 Å². The van der Waals surface area contributed by atoms with Gasteiger partial charge in [0.2, 0.25) is 5.96 Å². The molecule has 0 aromatic rings. The van der Waals surface area contributed by atoms with E-state index in [2.05, 4.69) is 22.5 Å². The van der Waals surface area contributed by atoms with Crippen molar-refractivity contribution in [2.75, 3.05) is 0 Å². The number of carbonyl (C=O) groups is 2. The van der Waals surface area contributed by atoms with Crippen molar-refractivity contribution in [1.82, 2.24) is 10.6 Å². The third-order valence-corrected chi connectivity index (χ3v) is 4.42. The summed E-state index contributed by atoms with van der Waals surface area (Å²) in [6.07, 6.45) is 5.30. The van der Waals surface area contributed by atoms with Crippen molar-refractivity contribution in [2.24, 2.45) is 22.7 Å². The molecule has 1 aliphatic heterocycles. The Morgan fingerprint density at radius 3 is 2.41 bits per heavy atom. The van der Waals surface area contributed by atoms with Gasteiger partial charge in [-0.3, -0.25) is 20.2 Å². The highest BCUT2D eigenvalue weighted by atomic mass is 16.2. The Hall–Kier alpha value is -1.39. The van der Waals surface area contributed by atoms with Crippen molar-refractivity contribution < 1.29 is 9.59 Å². The zero-order valence-corrected chi connectivity index (χ0v) is 9.90. The van der Waals surface area contributed by atoms with Gasteiger partial charge in [0.1, 0.15) is 0 Å². The molecule has 5 nitrogen and oxygen atoms in total. The second-order valence-corrected chi connectivity index (χ2v) is 5.47. The molecule has 2 aliphatic carbocycles. The Morgan fingerprint density at radius 2 is 1.88 bits per heavy atom. The van der Waals surface area contributed by atoms with Crippen molar-refractivity contribution in [3.8, 4) is 0 Å². The third kappa shape index (κ3) is 1.83. The number of amides is 2. The summed E-state index contributed by atoms with van der Waals surface area (Å²) in [5, 5.41) is 4.90. The Labute approximate surface area is 100 Å². The smallest absolute Gasteiger partial charge is 0.288 e. The summed E-state index contributed by atoms with van der Waals surface area (Å²) in [7, 11) is 0. The van der Waals surface area contributed by atoms with Crippen molar-refractivity contribution in [3.63, 3.8) is 0 Å². The lowest BCUT2D eigenvalue weighted by molar-refractivity contribution is -0.135. The van der Waals surface area contributed by atoms with Gasteiger partial charge in [-0.05, 0) is 43.9 Å². The molecule has 0 radical (unpaired) electrons. The molecule has 92 valence electrons. The molecule has 3 aliphatic rings. The molecular formula is C12H17N3O2. The second-order valence-electron chi connectivity index (χ2n) is 5.47. The molecule has 0 aromatic heterocycles. The number of rotatable bonds is 2. The van der Waals surface area contributed by atoms with Crippen LogP contribution in [-0.4, -0.2) is 23.8 Å². The van der Waals surface area contributed by atoms with Crippen LogP contribution in [-0.2, 0) is 9.59 Å². The van der Waals surface area contributed by atoms with E-state index in [1.54, 1.807) is 0 Å². The molecular weight excluding hydrogens is 218 g/mol. The Bertz CT molecular complexity index is 387. The maximum absolute atomic E-state index is 11.0. The fourth-order valence-corrected chi connectivity index (χ4v) is 3.61. The van der Waals surface area contributed by atoms with E-state index < -0.39 is 11.8 Å². The second kappa shape index (κ2) is 3.82. The number of hydrogen-bond donors (Lipinski definition) is 2. The Kier molecular flexibility index (Phi) is 2.42. The number of guanidine groups is 1. The number of aliphatic imine (C=N–C) groups is 1. The normalized spacial score (nSPS) is 37.0. The highest BCUT2D eigenvalue weighted by Crippen LogP contribution is 2.50. The van der Waals surface area contributed by atoms with E-state index in [1.807, 2.05) is 0 Å². The number of hydrogen-bond acceptors (Lipinski definition) is 3. The molecule has 1 saturated heterocycles. The molecule has 3 rings (SSSR count). The summed E-state index contributed by atoms with van der Waals surface area (Å²) in [4.78, 5) is 26.5. The number of carbonyl (C=O) groups excluding carboxylic acids is 2. The van der Waals surface area contributed by atoms with Crippen molar-refractivity contribution in [1.29, 1.82) is 0 Å². The first-order chi connectivity index (χ1) is 8.13. The minimum absolute atomic E-state index is 0.180. The first kappa shape index (κ1) is 10.7. The van der Waals surface area contributed by atoms with Gasteiger partial charge >= 0.3 is 11.8 Å². The van der Waals surface area contributed by atoms with Crippen LogP contribution in [0.2, 0.25) is 0 Å². The van der Waals surface area contributed by atoms with Gasteiger partial charge < -0.3 is 0 Å². The van der Waals surface area contributed by atoms with Gasteiger partial charge in [0.15, 0.2) is 0 Å². The van der Waals surface area contributed by atoms with Crippen LogP contribution in [0.3, 0.4) is 0 Å². The maximum Gasteiger partial charge on any atom is 0.316 e. The van der Waals surface area contributed by atoms with Gasteiger partial charge in [-0.25, -0.2) is 4.99 Å². The molecule has 2 saturated carbocycles. The van der Waals surface area contributed by atoms with E-state index in [9.17, 15) is 9.59 Å². The van der Waals surface area contributed by atoms with E-state index >= 15 is 0 Å². The molecule has 2 amide bonds. The van der Waals surface area contributed by atoms with E-state index in [1.165, 1.54) is 25.7 Å². The molecule has 2 bridgehead atoms. The monoisotopic (exact) mass is 235 g/mol. The molecule has 2 N–H and O–H groups in total. The Morgan fingerprint density at radius 1 is 1.18 bits per heavy atom. The molecule has 3 fully saturated rings.